The molecule has 0 aliphatic rings. The Labute approximate surface area is 89.1 Å². The van der Waals surface area contributed by atoms with Gasteiger partial charge in [0.25, 0.3) is 0 Å². The molecule has 2 aromatic rings. The van der Waals surface area contributed by atoms with Crippen molar-refractivity contribution in [2.45, 2.75) is 26.2 Å². The molecule has 0 atom stereocenters. The van der Waals surface area contributed by atoms with E-state index in [1.165, 1.54) is 0 Å². The zero-order chi connectivity index (χ0) is 10.8. The molecule has 4 nitrogen and oxygen atoms in total. The summed E-state index contributed by atoms with van der Waals surface area (Å²) < 4.78 is 1.89. The molecule has 0 radical (unpaired) electrons. The van der Waals surface area contributed by atoms with E-state index in [0.717, 1.165) is 23.6 Å². The summed E-state index contributed by atoms with van der Waals surface area (Å²) in [6, 6.07) is 6.01. The summed E-state index contributed by atoms with van der Waals surface area (Å²) in [6.07, 6.45) is 0.832. The molecule has 2 N–H and O–H groups in total. The zero-order valence-corrected chi connectivity index (χ0v) is 9.14. The molecule has 0 aliphatic carbocycles. The van der Waals surface area contributed by atoms with Gasteiger partial charge in [0.1, 0.15) is 0 Å². The molecule has 0 fully saturated rings. The van der Waals surface area contributed by atoms with Crippen LogP contribution in [-0.2, 0) is 6.42 Å². The summed E-state index contributed by atoms with van der Waals surface area (Å²) >= 11 is 0. The fraction of sp³-hybridized carbons (Fsp3) is 0.455. The topological polar surface area (TPSA) is 56.2 Å². The normalized spacial score (nSPS) is 11.5. The van der Waals surface area contributed by atoms with E-state index < -0.39 is 0 Å². The maximum Gasteiger partial charge on any atom is 0.155 e. The molecule has 0 aromatic carbocycles. The Bertz CT molecular complexity index is 459. The van der Waals surface area contributed by atoms with Crippen molar-refractivity contribution in [1.29, 1.82) is 0 Å². The second-order valence-electron chi connectivity index (χ2n) is 3.95. The highest BCUT2D eigenvalue weighted by Crippen LogP contribution is 2.12. The average molecular weight is 204 g/mol. The lowest BCUT2D eigenvalue weighted by Gasteiger charge is -2.00. The minimum Gasteiger partial charge on any atom is -0.330 e. The Balaban J connectivity index is 2.54. The van der Waals surface area contributed by atoms with E-state index in [2.05, 4.69) is 23.9 Å². The van der Waals surface area contributed by atoms with Gasteiger partial charge in [-0.05, 0) is 18.7 Å². The van der Waals surface area contributed by atoms with Crippen molar-refractivity contribution in [3.05, 3.63) is 29.7 Å². The van der Waals surface area contributed by atoms with Crippen LogP contribution in [0.1, 0.15) is 31.3 Å². The predicted octanol–water partition coefficient (Wildman–Crippen LogP) is 1.35. The molecule has 0 saturated heterocycles. The summed E-state index contributed by atoms with van der Waals surface area (Å²) in [4.78, 5) is 4.47. The fourth-order valence-electron chi connectivity index (χ4n) is 1.56. The minimum atomic E-state index is 0.357. The molecule has 0 aliphatic heterocycles. The highest BCUT2D eigenvalue weighted by molar-refractivity contribution is 5.39. The zero-order valence-electron chi connectivity index (χ0n) is 9.14. The number of fused-ring (bicyclic) bond motifs is 1. The third-order valence-corrected chi connectivity index (χ3v) is 2.37. The van der Waals surface area contributed by atoms with Crippen LogP contribution in [-0.4, -0.2) is 21.1 Å². The van der Waals surface area contributed by atoms with E-state index in [-0.39, 0.29) is 0 Å². The van der Waals surface area contributed by atoms with E-state index in [4.69, 9.17) is 5.73 Å². The summed E-state index contributed by atoms with van der Waals surface area (Å²) in [5.74, 6) is 1.25. The predicted molar refractivity (Wildman–Crippen MR) is 59.8 cm³/mol. The Morgan fingerprint density at radius 1 is 1.40 bits per heavy atom. The first-order valence-electron chi connectivity index (χ1n) is 5.27. The van der Waals surface area contributed by atoms with Crippen LogP contribution < -0.4 is 5.73 Å². The van der Waals surface area contributed by atoms with Crippen molar-refractivity contribution < 1.29 is 0 Å². The second-order valence-corrected chi connectivity index (χ2v) is 3.95. The molecular weight excluding hydrogens is 188 g/mol. The van der Waals surface area contributed by atoms with Crippen LogP contribution in [0.25, 0.3) is 5.65 Å². The fourth-order valence-corrected chi connectivity index (χ4v) is 1.56. The summed E-state index contributed by atoms with van der Waals surface area (Å²) in [6.45, 7) is 4.82. The summed E-state index contributed by atoms with van der Waals surface area (Å²) in [5, 5.41) is 4.48. The van der Waals surface area contributed by atoms with E-state index in [1.807, 2.05) is 22.7 Å². The van der Waals surface area contributed by atoms with Crippen molar-refractivity contribution in [2.75, 3.05) is 6.54 Å². The Morgan fingerprint density at radius 3 is 2.87 bits per heavy atom. The number of pyridine rings is 1. The van der Waals surface area contributed by atoms with Gasteiger partial charge < -0.3 is 5.73 Å². The third kappa shape index (κ3) is 1.85. The van der Waals surface area contributed by atoms with Gasteiger partial charge in [0, 0.05) is 18.0 Å². The smallest absolute Gasteiger partial charge is 0.155 e. The molecule has 0 amide bonds. The van der Waals surface area contributed by atoms with Gasteiger partial charge in [-0.15, -0.1) is 0 Å². The number of hydrogen-bond donors (Lipinski definition) is 1. The van der Waals surface area contributed by atoms with Crippen LogP contribution in [0.15, 0.2) is 18.2 Å². The highest BCUT2D eigenvalue weighted by atomic mass is 15.3. The van der Waals surface area contributed by atoms with Crippen molar-refractivity contribution in [3.8, 4) is 0 Å². The molecule has 4 heteroatoms. The summed E-state index contributed by atoms with van der Waals surface area (Å²) in [5.41, 5.74) is 7.58. The number of aromatic nitrogens is 3. The van der Waals surface area contributed by atoms with E-state index in [0.29, 0.717) is 12.5 Å². The Kier molecular flexibility index (Phi) is 2.68. The molecule has 2 aromatic heterocycles. The number of rotatable bonds is 3. The van der Waals surface area contributed by atoms with Gasteiger partial charge in [0.05, 0.1) is 0 Å². The molecule has 2 rings (SSSR count). The van der Waals surface area contributed by atoms with E-state index in [9.17, 15) is 0 Å². The molecule has 0 unspecified atom stereocenters. The van der Waals surface area contributed by atoms with Crippen LogP contribution in [0.4, 0.5) is 0 Å². The average Bonchev–Trinajstić information content (AvgIpc) is 2.63. The van der Waals surface area contributed by atoms with Gasteiger partial charge in [-0.2, -0.15) is 5.10 Å². The number of nitrogens with two attached hydrogens (primary N) is 1. The largest absolute Gasteiger partial charge is 0.330 e. The van der Waals surface area contributed by atoms with Gasteiger partial charge in [0.2, 0.25) is 0 Å². The number of hydrogen-bond acceptors (Lipinski definition) is 3. The maximum absolute atomic E-state index is 5.56. The van der Waals surface area contributed by atoms with Gasteiger partial charge in [-0.1, -0.05) is 19.9 Å². The molecule has 2 heterocycles. The first kappa shape index (κ1) is 10.1. The lowest BCUT2D eigenvalue weighted by molar-refractivity contribution is 0.746. The number of nitrogens with zero attached hydrogens (tertiary/aromatic N) is 3. The summed E-state index contributed by atoms with van der Waals surface area (Å²) in [7, 11) is 0. The standard InChI is InChI=1S/C11H16N4/c1-8(2)11-13-10-5-3-4-9(6-7-12)15(10)14-11/h3-5,8H,6-7,12H2,1-2H3. The molecular formula is C11H16N4. The van der Waals surface area contributed by atoms with Gasteiger partial charge in [-0.25, -0.2) is 9.50 Å². The first-order chi connectivity index (χ1) is 7.22. The first-order valence-corrected chi connectivity index (χ1v) is 5.27. The van der Waals surface area contributed by atoms with Crippen molar-refractivity contribution in [2.24, 2.45) is 5.73 Å². The molecule has 15 heavy (non-hydrogen) atoms. The van der Waals surface area contributed by atoms with Gasteiger partial charge in [-0.3, -0.25) is 0 Å². The quantitative estimate of drug-likeness (QED) is 0.821. The Hall–Kier alpha value is -1.42. The second kappa shape index (κ2) is 3.98. The lowest BCUT2D eigenvalue weighted by atomic mass is 10.2. The van der Waals surface area contributed by atoms with E-state index >= 15 is 0 Å². The maximum atomic E-state index is 5.56. The lowest BCUT2D eigenvalue weighted by Crippen LogP contribution is -2.07. The molecule has 0 saturated carbocycles. The SMILES string of the molecule is CC(C)c1nc2cccc(CCN)n2n1. The van der Waals surface area contributed by atoms with Crippen molar-refractivity contribution in [1.82, 2.24) is 14.6 Å². The van der Waals surface area contributed by atoms with Crippen molar-refractivity contribution >= 4 is 5.65 Å². The monoisotopic (exact) mass is 204 g/mol. The van der Waals surface area contributed by atoms with Gasteiger partial charge in [0.15, 0.2) is 11.5 Å². The van der Waals surface area contributed by atoms with Gasteiger partial charge >= 0.3 is 0 Å². The van der Waals surface area contributed by atoms with Crippen LogP contribution >= 0.6 is 0 Å². The van der Waals surface area contributed by atoms with Crippen molar-refractivity contribution in [3.63, 3.8) is 0 Å². The molecule has 0 bridgehead atoms. The Morgan fingerprint density at radius 2 is 2.20 bits per heavy atom. The van der Waals surface area contributed by atoms with Crippen LogP contribution in [0.3, 0.4) is 0 Å². The van der Waals surface area contributed by atoms with Crippen LogP contribution in [0.2, 0.25) is 0 Å². The minimum absolute atomic E-state index is 0.357. The third-order valence-electron chi connectivity index (χ3n) is 2.37. The molecule has 80 valence electrons. The van der Waals surface area contributed by atoms with E-state index in [1.54, 1.807) is 0 Å². The van der Waals surface area contributed by atoms with Crippen LogP contribution in [0.5, 0.6) is 0 Å². The molecule has 0 spiro atoms. The highest BCUT2D eigenvalue weighted by Gasteiger charge is 2.08. The van der Waals surface area contributed by atoms with Crippen LogP contribution in [0, 0.1) is 0 Å².